The van der Waals surface area contributed by atoms with Gasteiger partial charge in [-0.25, -0.2) is 0 Å². The molecule has 1 amide bonds. The van der Waals surface area contributed by atoms with E-state index in [1.54, 1.807) is 23.6 Å². The van der Waals surface area contributed by atoms with E-state index < -0.39 is 0 Å². The average molecular weight is 217 g/mol. The van der Waals surface area contributed by atoms with Crippen LogP contribution in [-0.2, 0) is 4.79 Å². The largest absolute Gasteiger partial charge is 0.294 e. The highest BCUT2D eigenvalue weighted by Crippen LogP contribution is 2.35. The lowest BCUT2D eigenvalue weighted by Gasteiger charge is -2.33. The molecule has 13 heavy (non-hydrogen) atoms. The Hall–Kier alpha value is -0.0900. The molecule has 1 saturated heterocycles. The van der Waals surface area contributed by atoms with E-state index in [0.717, 1.165) is 10.1 Å². The molecule has 1 fully saturated rings. The van der Waals surface area contributed by atoms with Gasteiger partial charge >= 0.3 is 0 Å². The Morgan fingerprint density at radius 1 is 1.62 bits per heavy atom. The maximum atomic E-state index is 11.3. The summed E-state index contributed by atoms with van der Waals surface area (Å²) in [7, 11) is 0. The van der Waals surface area contributed by atoms with E-state index in [9.17, 15) is 4.79 Å². The average Bonchev–Trinajstić information content (AvgIpc) is 2.28. The molecule has 0 bridgehead atoms. The van der Waals surface area contributed by atoms with Crippen LogP contribution in [-0.4, -0.2) is 26.9 Å². The van der Waals surface area contributed by atoms with Crippen LogP contribution in [0.3, 0.4) is 0 Å². The van der Waals surface area contributed by atoms with Crippen molar-refractivity contribution < 1.29 is 4.79 Å². The fourth-order valence-electron chi connectivity index (χ4n) is 1.41. The van der Waals surface area contributed by atoms with Crippen LogP contribution >= 0.6 is 24.0 Å². The molecule has 0 radical (unpaired) electrons. The molecule has 1 atom stereocenters. The van der Waals surface area contributed by atoms with Gasteiger partial charge < -0.3 is 0 Å². The Kier molecular flexibility index (Phi) is 3.02. The van der Waals surface area contributed by atoms with Crippen molar-refractivity contribution in [1.82, 2.24) is 4.90 Å². The summed E-state index contributed by atoms with van der Waals surface area (Å²) in [6.45, 7) is 8.00. The number of hydrogen-bond donors (Lipinski definition) is 0. The number of thioether (sulfide) groups is 1. The molecule has 1 aliphatic heterocycles. The molecule has 0 aromatic carbocycles. The summed E-state index contributed by atoms with van der Waals surface area (Å²) in [6.07, 6.45) is 0. The van der Waals surface area contributed by atoms with E-state index in [1.807, 2.05) is 0 Å². The molecule has 0 aromatic rings. The number of rotatable bonds is 0. The van der Waals surface area contributed by atoms with Crippen molar-refractivity contribution in [1.29, 1.82) is 0 Å². The van der Waals surface area contributed by atoms with Gasteiger partial charge in [0.15, 0.2) is 0 Å². The van der Waals surface area contributed by atoms with E-state index in [-0.39, 0.29) is 17.4 Å². The van der Waals surface area contributed by atoms with Crippen molar-refractivity contribution in [2.75, 3.05) is 5.75 Å². The van der Waals surface area contributed by atoms with E-state index in [0.29, 0.717) is 0 Å². The Labute approximate surface area is 89.1 Å². The van der Waals surface area contributed by atoms with Crippen molar-refractivity contribution in [3.8, 4) is 0 Å². The Morgan fingerprint density at radius 3 is 2.46 bits per heavy atom. The third kappa shape index (κ3) is 2.23. The van der Waals surface area contributed by atoms with E-state index >= 15 is 0 Å². The summed E-state index contributed by atoms with van der Waals surface area (Å²) in [5.41, 5.74) is 0.110. The molecule has 4 heteroatoms. The number of carbonyl (C=O) groups is 1. The molecular formula is C9H15NOS2. The van der Waals surface area contributed by atoms with Gasteiger partial charge in [-0.05, 0) is 5.41 Å². The third-order valence-electron chi connectivity index (χ3n) is 2.21. The molecule has 2 nitrogen and oxygen atoms in total. The smallest absolute Gasteiger partial charge is 0.225 e. The summed E-state index contributed by atoms with van der Waals surface area (Å²) >= 11 is 6.74. The second-order valence-corrected chi connectivity index (χ2v) is 6.00. The molecule has 1 unspecified atom stereocenters. The van der Waals surface area contributed by atoms with Crippen LogP contribution in [0.2, 0.25) is 0 Å². The van der Waals surface area contributed by atoms with Crippen molar-refractivity contribution in [2.24, 2.45) is 5.41 Å². The molecule has 0 spiro atoms. The quantitative estimate of drug-likeness (QED) is 0.581. The van der Waals surface area contributed by atoms with E-state index in [4.69, 9.17) is 12.2 Å². The van der Waals surface area contributed by atoms with Crippen LogP contribution in [0.4, 0.5) is 0 Å². The van der Waals surface area contributed by atoms with E-state index in [2.05, 4.69) is 20.8 Å². The Bertz CT molecular complexity index is 244. The van der Waals surface area contributed by atoms with Gasteiger partial charge in [0.05, 0.1) is 6.04 Å². The molecule has 0 aromatic heterocycles. The maximum Gasteiger partial charge on any atom is 0.225 e. The van der Waals surface area contributed by atoms with Gasteiger partial charge in [-0.2, -0.15) is 0 Å². The number of carbonyl (C=O) groups excluding carboxylic acids is 1. The third-order valence-corrected chi connectivity index (χ3v) is 3.69. The molecule has 1 aliphatic rings. The highest BCUT2D eigenvalue weighted by Gasteiger charge is 2.39. The normalized spacial score (nSPS) is 23.8. The summed E-state index contributed by atoms with van der Waals surface area (Å²) in [5, 5.41) is 0. The minimum Gasteiger partial charge on any atom is -0.294 e. The van der Waals surface area contributed by atoms with Crippen LogP contribution in [0.5, 0.6) is 0 Å². The van der Waals surface area contributed by atoms with Crippen molar-refractivity contribution >= 4 is 34.2 Å². The Morgan fingerprint density at radius 2 is 2.15 bits per heavy atom. The van der Waals surface area contributed by atoms with Gasteiger partial charge in [-0.1, -0.05) is 44.8 Å². The van der Waals surface area contributed by atoms with Gasteiger partial charge in [0.2, 0.25) is 5.91 Å². The predicted molar refractivity (Wildman–Crippen MR) is 60.8 cm³/mol. The Balaban J connectivity index is 2.88. The van der Waals surface area contributed by atoms with Crippen LogP contribution in [0.25, 0.3) is 0 Å². The molecule has 1 heterocycles. The molecule has 74 valence electrons. The van der Waals surface area contributed by atoms with Gasteiger partial charge in [0.25, 0.3) is 0 Å². The van der Waals surface area contributed by atoms with Crippen molar-refractivity contribution in [3.05, 3.63) is 0 Å². The zero-order valence-electron chi connectivity index (χ0n) is 8.46. The van der Waals surface area contributed by atoms with Crippen LogP contribution < -0.4 is 0 Å². The highest BCUT2D eigenvalue weighted by molar-refractivity contribution is 8.23. The molecular weight excluding hydrogens is 202 g/mol. The van der Waals surface area contributed by atoms with Crippen molar-refractivity contribution in [3.63, 3.8) is 0 Å². The number of hydrogen-bond acceptors (Lipinski definition) is 3. The first kappa shape index (κ1) is 11.0. The lowest BCUT2D eigenvalue weighted by molar-refractivity contribution is -0.127. The zero-order valence-corrected chi connectivity index (χ0v) is 10.1. The first-order valence-corrected chi connectivity index (χ1v) is 5.70. The predicted octanol–water partition coefficient (Wildman–Crippen LogP) is 2.28. The van der Waals surface area contributed by atoms with Gasteiger partial charge in [0.1, 0.15) is 4.32 Å². The molecule has 0 aliphatic carbocycles. The van der Waals surface area contributed by atoms with Crippen molar-refractivity contribution in [2.45, 2.75) is 33.7 Å². The minimum atomic E-state index is 0.0647. The fourth-order valence-corrected chi connectivity index (χ4v) is 3.21. The second kappa shape index (κ2) is 3.58. The van der Waals surface area contributed by atoms with Crippen LogP contribution in [0, 0.1) is 5.41 Å². The second-order valence-electron chi connectivity index (χ2n) is 4.35. The lowest BCUT2D eigenvalue weighted by Crippen LogP contribution is -2.44. The van der Waals surface area contributed by atoms with Gasteiger partial charge in [0, 0.05) is 12.7 Å². The van der Waals surface area contributed by atoms with Gasteiger partial charge in [-0.15, -0.1) is 0 Å². The summed E-state index contributed by atoms with van der Waals surface area (Å²) < 4.78 is 0.729. The first-order valence-electron chi connectivity index (χ1n) is 4.30. The lowest BCUT2D eigenvalue weighted by atomic mass is 9.87. The summed E-state index contributed by atoms with van der Waals surface area (Å²) in [4.78, 5) is 13.1. The number of thiocarbonyl (C=S) groups is 1. The SMILES string of the molecule is CC(=O)N1C(=S)SCC1C(C)(C)C. The highest BCUT2D eigenvalue weighted by atomic mass is 32.2. The maximum absolute atomic E-state index is 11.3. The van der Waals surface area contributed by atoms with Crippen LogP contribution in [0.15, 0.2) is 0 Å². The summed E-state index contributed by atoms with van der Waals surface area (Å²) in [5.74, 6) is 0.997. The standard InChI is InChI=1S/C9H15NOS2/c1-6(11)10-7(9(2,3)4)5-13-8(10)12/h7H,5H2,1-4H3. The number of nitrogens with zero attached hydrogens (tertiary/aromatic N) is 1. The fraction of sp³-hybridized carbons (Fsp3) is 0.778. The molecule has 0 saturated carbocycles. The topological polar surface area (TPSA) is 20.3 Å². The minimum absolute atomic E-state index is 0.0647. The van der Waals surface area contributed by atoms with E-state index in [1.165, 1.54) is 0 Å². The number of amides is 1. The zero-order chi connectivity index (χ0) is 10.2. The summed E-state index contributed by atoms with van der Waals surface area (Å²) in [6, 6.07) is 0.252. The monoisotopic (exact) mass is 217 g/mol. The van der Waals surface area contributed by atoms with Crippen LogP contribution in [0.1, 0.15) is 27.7 Å². The molecule has 0 N–H and O–H groups in total. The van der Waals surface area contributed by atoms with Gasteiger partial charge in [-0.3, -0.25) is 9.69 Å². The first-order chi connectivity index (χ1) is 5.84. The molecule has 1 rings (SSSR count).